The normalized spacial score (nSPS) is 25.0. The van der Waals surface area contributed by atoms with E-state index in [0.29, 0.717) is 12.1 Å². The SMILES string of the molecule is Cc1ccc(OCC(C)NC2CCCSC2C)cc1. The third kappa shape index (κ3) is 4.73. The zero-order valence-corrected chi connectivity index (χ0v) is 13.0. The molecule has 1 fully saturated rings. The zero-order valence-electron chi connectivity index (χ0n) is 12.2. The first-order valence-electron chi connectivity index (χ1n) is 7.22. The maximum absolute atomic E-state index is 5.83. The number of nitrogens with one attached hydrogen (secondary N) is 1. The summed E-state index contributed by atoms with van der Waals surface area (Å²) >= 11 is 2.08. The van der Waals surface area contributed by atoms with Gasteiger partial charge in [0.1, 0.15) is 12.4 Å². The van der Waals surface area contributed by atoms with E-state index in [-0.39, 0.29) is 0 Å². The van der Waals surface area contributed by atoms with Crippen molar-refractivity contribution in [2.75, 3.05) is 12.4 Å². The van der Waals surface area contributed by atoms with Gasteiger partial charge in [-0.15, -0.1) is 0 Å². The molecule has 0 bridgehead atoms. The van der Waals surface area contributed by atoms with Crippen molar-refractivity contribution < 1.29 is 4.74 Å². The van der Waals surface area contributed by atoms with E-state index in [1.54, 1.807) is 0 Å². The summed E-state index contributed by atoms with van der Waals surface area (Å²) in [6.45, 7) is 7.36. The molecule has 1 heterocycles. The molecule has 0 saturated carbocycles. The second-order valence-corrected chi connectivity index (χ2v) is 7.00. The van der Waals surface area contributed by atoms with Crippen molar-refractivity contribution in [2.24, 2.45) is 0 Å². The van der Waals surface area contributed by atoms with Gasteiger partial charge in [0.25, 0.3) is 0 Å². The molecule has 1 aliphatic rings. The third-order valence-electron chi connectivity index (χ3n) is 3.63. The lowest BCUT2D eigenvalue weighted by molar-refractivity contribution is 0.256. The van der Waals surface area contributed by atoms with Crippen LogP contribution in [0.4, 0.5) is 0 Å². The molecule has 106 valence electrons. The minimum atomic E-state index is 0.396. The molecule has 0 amide bonds. The van der Waals surface area contributed by atoms with E-state index in [1.165, 1.54) is 24.2 Å². The Bertz CT molecular complexity index is 379. The molecule has 3 unspecified atom stereocenters. The first-order chi connectivity index (χ1) is 9.15. The summed E-state index contributed by atoms with van der Waals surface area (Å²) in [6, 6.07) is 9.30. The highest BCUT2D eigenvalue weighted by molar-refractivity contribution is 7.99. The summed E-state index contributed by atoms with van der Waals surface area (Å²) in [6.07, 6.45) is 2.63. The molecule has 0 radical (unpaired) electrons. The molecule has 1 aliphatic heterocycles. The number of rotatable bonds is 5. The highest BCUT2D eigenvalue weighted by Gasteiger charge is 2.22. The van der Waals surface area contributed by atoms with E-state index in [0.717, 1.165) is 17.6 Å². The molecule has 2 rings (SSSR count). The van der Waals surface area contributed by atoms with Crippen molar-refractivity contribution in [2.45, 2.75) is 50.9 Å². The minimum absolute atomic E-state index is 0.396. The average Bonchev–Trinajstić information content (AvgIpc) is 2.41. The summed E-state index contributed by atoms with van der Waals surface area (Å²) in [5.74, 6) is 2.28. The Balaban J connectivity index is 1.74. The molecule has 1 aromatic carbocycles. The van der Waals surface area contributed by atoms with Gasteiger partial charge < -0.3 is 10.1 Å². The maximum Gasteiger partial charge on any atom is 0.119 e. The van der Waals surface area contributed by atoms with Gasteiger partial charge in [0.15, 0.2) is 0 Å². The molecule has 3 heteroatoms. The van der Waals surface area contributed by atoms with E-state index in [2.05, 4.69) is 50.0 Å². The van der Waals surface area contributed by atoms with Crippen LogP contribution in [0.2, 0.25) is 0 Å². The predicted octanol–water partition coefficient (Wildman–Crippen LogP) is 3.64. The fraction of sp³-hybridized carbons (Fsp3) is 0.625. The molecule has 0 spiro atoms. The van der Waals surface area contributed by atoms with Gasteiger partial charge in [-0.05, 0) is 44.6 Å². The van der Waals surface area contributed by atoms with Crippen molar-refractivity contribution in [1.29, 1.82) is 0 Å². The second kappa shape index (κ2) is 7.20. The molecule has 1 aromatic rings. The molecule has 1 N–H and O–H groups in total. The molecule has 0 aliphatic carbocycles. The Morgan fingerprint density at radius 2 is 2.11 bits per heavy atom. The van der Waals surface area contributed by atoms with Gasteiger partial charge in [-0.1, -0.05) is 24.6 Å². The summed E-state index contributed by atoms with van der Waals surface area (Å²) in [5.41, 5.74) is 1.27. The second-order valence-electron chi connectivity index (χ2n) is 5.52. The van der Waals surface area contributed by atoms with Crippen LogP contribution in [-0.4, -0.2) is 29.7 Å². The first-order valence-corrected chi connectivity index (χ1v) is 8.27. The van der Waals surface area contributed by atoms with E-state index < -0.39 is 0 Å². The molecular weight excluding hydrogens is 254 g/mol. The van der Waals surface area contributed by atoms with Crippen molar-refractivity contribution in [3.8, 4) is 5.75 Å². The number of benzene rings is 1. The lowest BCUT2D eigenvalue weighted by atomic mass is 10.1. The standard InChI is InChI=1S/C16H25NOS/c1-12-6-8-15(9-7-12)18-11-13(2)17-16-5-4-10-19-14(16)3/h6-9,13-14,16-17H,4-5,10-11H2,1-3H3. The summed E-state index contributed by atoms with van der Waals surface area (Å²) in [5, 5.41) is 4.42. The monoisotopic (exact) mass is 279 g/mol. The molecule has 0 aromatic heterocycles. The fourth-order valence-corrected chi connectivity index (χ4v) is 3.56. The van der Waals surface area contributed by atoms with Crippen LogP contribution in [0.15, 0.2) is 24.3 Å². The Hall–Kier alpha value is -0.670. The van der Waals surface area contributed by atoms with Crippen LogP contribution in [0, 0.1) is 6.92 Å². The van der Waals surface area contributed by atoms with Gasteiger partial charge in [0.05, 0.1) is 0 Å². The van der Waals surface area contributed by atoms with Crippen LogP contribution < -0.4 is 10.1 Å². The van der Waals surface area contributed by atoms with Crippen LogP contribution >= 0.6 is 11.8 Å². The first kappa shape index (κ1) is 14.7. The Labute approximate surface area is 121 Å². The molecule has 3 atom stereocenters. The summed E-state index contributed by atoms with van der Waals surface area (Å²) < 4.78 is 5.83. The topological polar surface area (TPSA) is 21.3 Å². The van der Waals surface area contributed by atoms with Crippen molar-refractivity contribution in [3.05, 3.63) is 29.8 Å². The molecule has 1 saturated heterocycles. The maximum atomic E-state index is 5.83. The lowest BCUT2D eigenvalue weighted by Crippen LogP contribution is -2.46. The van der Waals surface area contributed by atoms with Gasteiger partial charge in [-0.25, -0.2) is 0 Å². The van der Waals surface area contributed by atoms with Crippen molar-refractivity contribution in [1.82, 2.24) is 5.32 Å². The highest BCUT2D eigenvalue weighted by atomic mass is 32.2. The average molecular weight is 279 g/mol. The van der Waals surface area contributed by atoms with Crippen molar-refractivity contribution >= 4 is 11.8 Å². The smallest absolute Gasteiger partial charge is 0.119 e. The van der Waals surface area contributed by atoms with Crippen LogP contribution in [0.1, 0.15) is 32.3 Å². The van der Waals surface area contributed by atoms with Crippen LogP contribution in [0.3, 0.4) is 0 Å². The van der Waals surface area contributed by atoms with Crippen LogP contribution in [-0.2, 0) is 0 Å². The number of hydrogen-bond donors (Lipinski definition) is 1. The highest BCUT2D eigenvalue weighted by Crippen LogP contribution is 2.25. The van der Waals surface area contributed by atoms with Gasteiger partial charge in [0, 0.05) is 17.3 Å². The Morgan fingerprint density at radius 3 is 2.79 bits per heavy atom. The Morgan fingerprint density at radius 1 is 1.37 bits per heavy atom. The number of thioether (sulfide) groups is 1. The van der Waals surface area contributed by atoms with Gasteiger partial charge in [0.2, 0.25) is 0 Å². The zero-order chi connectivity index (χ0) is 13.7. The van der Waals surface area contributed by atoms with E-state index in [9.17, 15) is 0 Å². The lowest BCUT2D eigenvalue weighted by Gasteiger charge is -2.31. The van der Waals surface area contributed by atoms with Crippen LogP contribution in [0.25, 0.3) is 0 Å². The molecular formula is C16H25NOS. The quantitative estimate of drug-likeness (QED) is 0.889. The van der Waals surface area contributed by atoms with Gasteiger partial charge in [-0.2, -0.15) is 11.8 Å². The van der Waals surface area contributed by atoms with Crippen LogP contribution in [0.5, 0.6) is 5.75 Å². The van der Waals surface area contributed by atoms with Gasteiger partial charge >= 0.3 is 0 Å². The predicted molar refractivity (Wildman–Crippen MR) is 84.2 cm³/mol. The van der Waals surface area contributed by atoms with E-state index >= 15 is 0 Å². The number of hydrogen-bond acceptors (Lipinski definition) is 3. The van der Waals surface area contributed by atoms with E-state index in [4.69, 9.17) is 4.74 Å². The molecule has 2 nitrogen and oxygen atoms in total. The largest absolute Gasteiger partial charge is 0.492 e. The van der Waals surface area contributed by atoms with Gasteiger partial charge in [-0.3, -0.25) is 0 Å². The number of ether oxygens (including phenoxy) is 1. The third-order valence-corrected chi connectivity index (χ3v) is 5.01. The summed E-state index contributed by atoms with van der Waals surface area (Å²) in [7, 11) is 0. The van der Waals surface area contributed by atoms with E-state index in [1.807, 2.05) is 12.1 Å². The molecule has 19 heavy (non-hydrogen) atoms. The number of aryl methyl sites for hydroxylation is 1. The minimum Gasteiger partial charge on any atom is -0.492 e. The van der Waals surface area contributed by atoms with Crippen molar-refractivity contribution in [3.63, 3.8) is 0 Å². The fourth-order valence-electron chi connectivity index (χ4n) is 2.41. The Kier molecular flexibility index (Phi) is 5.59. The summed E-state index contributed by atoms with van der Waals surface area (Å²) in [4.78, 5) is 0.